The van der Waals surface area contributed by atoms with E-state index in [4.69, 9.17) is 16.7 Å². The Bertz CT molecular complexity index is 1030. The lowest BCUT2D eigenvalue weighted by atomic mass is 10.1. The number of aliphatic carboxylic acids is 1. The van der Waals surface area contributed by atoms with E-state index in [2.05, 4.69) is 5.10 Å². The van der Waals surface area contributed by atoms with Gasteiger partial charge in [0.25, 0.3) is 0 Å². The highest BCUT2D eigenvalue weighted by atomic mass is 35.5. The van der Waals surface area contributed by atoms with Gasteiger partial charge in [-0.2, -0.15) is 18.3 Å². The van der Waals surface area contributed by atoms with E-state index in [1.807, 2.05) is 13.0 Å². The van der Waals surface area contributed by atoms with Crippen molar-refractivity contribution in [1.29, 1.82) is 0 Å². The first-order chi connectivity index (χ1) is 13.1. The summed E-state index contributed by atoms with van der Waals surface area (Å²) in [6.07, 6.45) is -3.74. The van der Waals surface area contributed by atoms with Crippen molar-refractivity contribution < 1.29 is 23.1 Å². The number of alkyl halides is 3. The lowest BCUT2D eigenvalue weighted by Gasteiger charge is -2.10. The van der Waals surface area contributed by atoms with Crippen molar-refractivity contribution >= 4 is 28.5 Å². The fourth-order valence-electron chi connectivity index (χ4n) is 3.13. The molecule has 0 atom stereocenters. The summed E-state index contributed by atoms with van der Waals surface area (Å²) in [5.74, 6) is -0.917. The number of fused-ring (bicyclic) bond motifs is 1. The van der Waals surface area contributed by atoms with Gasteiger partial charge in [-0.05, 0) is 55.2 Å². The van der Waals surface area contributed by atoms with Crippen LogP contribution in [-0.2, 0) is 23.9 Å². The van der Waals surface area contributed by atoms with Gasteiger partial charge in [0.05, 0.1) is 23.3 Å². The average Bonchev–Trinajstić information content (AvgIpc) is 2.93. The second-order valence-corrected chi connectivity index (χ2v) is 7.09. The van der Waals surface area contributed by atoms with Crippen molar-refractivity contribution in [3.63, 3.8) is 0 Å². The molecule has 4 nitrogen and oxygen atoms in total. The molecule has 0 aliphatic carbocycles. The Hall–Kier alpha value is -2.54. The number of carboxylic acid groups (broad SMARTS) is 1. The molecule has 2 aromatic carbocycles. The molecule has 1 heterocycles. The molecule has 3 aromatic rings. The molecule has 0 fully saturated rings. The van der Waals surface area contributed by atoms with Crippen LogP contribution in [0.25, 0.3) is 10.9 Å². The van der Waals surface area contributed by atoms with Crippen LogP contribution >= 0.6 is 11.6 Å². The van der Waals surface area contributed by atoms with Gasteiger partial charge in [0.15, 0.2) is 0 Å². The van der Waals surface area contributed by atoms with E-state index in [-0.39, 0.29) is 6.42 Å². The van der Waals surface area contributed by atoms with E-state index in [0.29, 0.717) is 41.0 Å². The summed E-state index contributed by atoms with van der Waals surface area (Å²) in [4.78, 5) is 10.8. The second kappa shape index (κ2) is 7.83. The van der Waals surface area contributed by atoms with Crippen LogP contribution in [0, 0.1) is 6.92 Å². The van der Waals surface area contributed by atoms with Crippen molar-refractivity contribution in [1.82, 2.24) is 9.78 Å². The van der Waals surface area contributed by atoms with Gasteiger partial charge in [0, 0.05) is 16.8 Å². The van der Waals surface area contributed by atoms with Gasteiger partial charge >= 0.3 is 12.1 Å². The van der Waals surface area contributed by atoms with Crippen molar-refractivity contribution in [2.45, 2.75) is 38.9 Å². The fraction of sp³-hybridized carbons (Fsp3) is 0.300. The topological polar surface area (TPSA) is 55.1 Å². The normalized spacial score (nSPS) is 11.9. The van der Waals surface area contributed by atoms with Crippen LogP contribution in [0.1, 0.15) is 35.2 Å². The van der Waals surface area contributed by atoms with Crippen LogP contribution in [-0.4, -0.2) is 20.9 Å². The number of aryl methyl sites for hydroxylation is 2. The Balaban J connectivity index is 2.04. The molecule has 0 spiro atoms. The van der Waals surface area contributed by atoms with Crippen molar-refractivity contribution in [2.75, 3.05) is 0 Å². The van der Waals surface area contributed by atoms with Gasteiger partial charge in [0.1, 0.15) is 0 Å². The van der Waals surface area contributed by atoms with E-state index in [1.165, 1.54) is 10.7 Å². The zero-order chi connectivity index (χ0) is 20.5. The standard InChI is InChI=1S/C20H18ClF3N2O2/c1-12-9-15(21)7-5-13(12)11-26-18-10-14(20(22,23)24)6-8-16(18)17(25-26)3-2-4-19(27)28/h5-10H,2-4,11H2,1H3,(H,27,28). The van der Waals surface area contributed by atoms with Crippen LogP contribution in [0.15, 0.2) is 36.4 Å². The van der Waals surface area contributed by atoms with Crippen LogP contribution < -0.4 is 0 Å². The molecule has 0 radical (unpaired) electrons. The molecular weight excluding hydrogens is 393 g/mol. The zero-order valence-electron chi connectivity index (χ0n) is 15.1. The molecule has 0 saturated carbocycles. The highest BCUT2D eigenvalue weighted by Gasteiger charge is 2.31. The quantitative estimate of drug-likeness (QED) is 0.586. The molecule has 0 amide bonds. The number of nitrogens with zero attached hydrogens (tertiary/aromatic N) is 2. The zero-order valence-corrected chi connectivity index (χ0v) is 15.8. The Morgan fingerprint density at radius 1 is 1.21 bits per heavy atom. The fourth-order valence-corrected chi connectivity index (χ4v) is 3.36. The first-order valence-electron chi connectivity index (χ1n) is 8.68. The minimum atomic E-state index is -4.46. The van der Waals surface area contributed by atoms with E-state index < -0.39 is 17.7 Å². The summed E-state index contributed by atoms with van der Waals surface area (Å²) < 4.78 is 41.1. The molecule has 0 bridgehead atoms. The summed E-state index contributed by atoms with van der Waals surface area (Å²) in [7, 11) is 0. The maximum atomic E-state index is 13.2. The maximum absolute atomic E-state index is 13.2. The van der Waals surface area contributed by atoms with Crippen LogP contribution in [0.4, 0.5) is 13.2 Å². The van der Waals surface area contributed by atoms with Crippen LogP contribution in [0.3, 0.4) is 0 Å². The van der Waals surface area contributed by atoms with E-state index in [0.717, 1.165) is 23.3 Å². The molecule has 8 heteroatoms. The molecule has 1 aromatic heterocycles. The Morgan fingerprint density at radius 2 is 1.96 bits per heavy atom. The summed E-state index contributed by atoms with van der Waals surface area (Å²) in [5, 5.41) is 14.5. The summed E-state index contributed by atoms with van der Waals surface area (Å²) >= 11 is 5.98. The largest absolute Gasteiger partial charge is 0.481 e. The molecule has 1 N–H and O–H groups in total. The number of benzene rings is 2. The summed E-state index contributed by atoms with van der Waals surface area (Å²) in [5.41, 5.74) is 2.02. The lowest BCUT2D eigenvalue weighted by Crippen LogP contribution is -2.07. The minimum absolute atomic E-state index is 0.0225. The predicted molar refractivity (Wildman–Crippen MR) is 101 cm³/mol. The first kappa shape index (κ1) is 20.2. The van der Waals surface area contributed by atoms with Gasteiger partial charge in [-0.3, -0.25) is 9.48 Å². The number of aromatic nitrogens is 2. The number of carbonyl (C=O) groups is 1. The number of carboxylic acids is 1. The molecule has 0 aliphatic rings. The maximum Gasteiger partial charge on any atom is 0.416 e. The Morgan fingerprint density at radius 3 is 2.61 bits per heavy atom. The number of halogens is 4. The van der Waals surface area contributed by atoms with E-state index in [9.17, 15) is 18.0 Å². The van der Waals surface area contributed by atoms with Gasteiger partial charge in [0.2, 0.25) is 0 Å². The number of hydrogen-bond acceptors (Lipinski definition) is 2. The molecule has 0 saturated heterocycles. The van der Waals surface area contributed by atoms with Crippen LogP contribution in [0.2, 0.25) is 5.02 Å². The molecule has 148 valence electrons. The van der Waals surface area contributed by atoms with Gasteiger partial charge in [-0.1, -0.05) is 23.7 Å². The average molecular weight is 411 g/mol. The van der Waals surface area contributed by atoms with Crippen molar-refractivity contribution in [2.24, 2.45) is 0 Å². The first-order valence-corrected chi connectivity index (χ1v) is 9.06. The lowest BCUT2D eigenvalue weighted by molar-refractivity contribution is -0.138. The monoisotopic (exact) mass is 410 g/mol. The van der Waals surface area contributed by atoms with Gasteiger partial charge in [-0.25, -0.2) is 0 Å². The summed E-state index contributed by atoms with van der Waals surface area (Å²) in [6.45, 7) is 2.17. The van der Waals surface area contributed by atoms with Crippen molar-refractivity contribution in [3.05, 3.63) is 63.8 Å². The van der Waals surface area contributed by atoms with E-state index >= 15 is 0 Å². The SMILES string of the molecule is Cc1cc(Cl)ccc1Cn1nc(CCCC(=O)O)c2ccc(C(F)(F)F)cc21. The minimum Gasteiger partial charge on any atom is -0.481 e. The Kier molecular flexibility index (Phi) is 5.65. The molecule has 0 unspecified atom stereocenters. The van der Waals surface area contributed by atoms with Gasteiger partial charge in [-0.15, -0.1) is 0 Å². The highest BCUT2D eigenvalue weighted by Crippen LogP contribution is 2.33. The molecule has 3 rings (SSSR count). The van der Waals surface area contributed by atoms with E-state index in [1.54, 1.807) is 12.1 Å². The molecule has 28 heavy (non-hydrogen) atoms. The second-order valence-electron chi connectivity index (χ2n) is 6.65. The number of rotatable bonds is 6. The van der Waals surface area contributed by atoms with Crippen molar-refractivity contribution in [3.8, 4) is 0 Å². The third kappa shape index (κ3) is 4.47. The van der Waals surface area contributed by atoms with Crippen LogP contribution in [0.5, 0.6) is 0 Å². The third-order valence-corrected chi connectivity index (χ3v) is 4.82. The summed E-state index contributed by atoms with van der Waals surface area (Å²) in [6, 6.07) is 8.87. The molecule has 0 aliphatic heterocycles. The number of hydrogen-bond donors (Lipinski definition) is 1. The third-order valence-electron chi connectivity index (χ3n) is 4.58. The Labute approximate surface area is 164 Å². The smallest absolute Gasteiger partial charge is 0.416 e. The highest BCUT2D eigenvalue weighted by molar-refractivity contribution is 6.30. The van der Waals surface area contributed by atoms with Gasteiger partial charge < -0.3 is 5.11 Å². The predicted octanol–water partition coefficient (Wildman–Crippen LogP) is 5.47. The molecular formula is C20H18ClF3N2O2.